The number of hydrogen-bond donors (Lipinski definition) is 2. The summed E-state index contributed by atoms with van der Waals surface area (Å²) in [5.41, 5.74) is 7.03. The van der Waals surface area contributed by atoms with Crippen molar-refractivity contribution >= 4 is 5.82 Å². The van der Waals surface area contributed by atoms with E-state index in [0.717, 1.165) is 5.56 Å². The Kier molecular flexibility index (Phi) is 2.79. The maximum atomic E-state index is 12.1. The van der Waals surface area contributed by atoms with Crippen molar-refractivity contribution in [3.8, 4) is 11.3 Å². The number of benzene rings is 1. The molecule has 0 atom stereocenters. The molecule has 3 N–H and O–H groups in total. The second kappa shape index (κ2) is 4.12. The van der Waals surface area contributed by atoms with Crippen LogP contribution in [-0.4, -0.2) is 16.4 Å². The molecule has 1 aromatic heterocycles. The number of halogens is 3. The van der Waals surface area contributed by atoms with E-state index in [1.165, 1.54) is 12.1 Å². The summed E-state index contributed by atoms with van der Waals surface area (Å²) in [5, 5.41) is 6.49. The Labute approximate surface area is 95.5 Å². The van der Waals surface area contributed by atoms with Crippen LogP contribution >= 0.6 is 0 Å². The highest BCUT2D eigenvalue weighted by Gasteiger charge is 2.27. The number of alkyl halides is 3. The lowest BCUT2D eigenvalue weighted by atomic mass is 10.1. The smallest absolute Gasteiger partial charge is 0.384 e. The summed E-state index contributed by atoms with van der Waals surface area (Å²) < 4.78 is 36.4. The van der Waals surface area contributed by atoms with Crippen molar-refractivity contribution in [3.63, 3.8) is 0 Å². The maximum Gasteiger partial charge on any atom is 0.393 e. The van der Waals surface area contributed by atoms with Crippen LogP contribution in [0.15, 0.2) is 30.3 Å². The highest BCUT2D eigenvalue weighted by molar-refractivity contribution is 5.62. The number of anilines is 1. The number of nitrogens with zero attached hydrogens (tertiary/aromatic N) is 1. The predicted octanol–water partition coefficient (Wildman–Crippen LogP) is 2.76. The van der Waals surface area contributed by atoms with Crippen LogP contribution in [-0.2, 0) is 6.42 Å². The number of aromatic amines is 1. The Bertz CT molecular complexity index is 499. The molecule has 0 amide bonds. The van der Waals surface area contributed by atoms with Gasteiger partial charge in [0.25, 0.3) is 0 Å². The largest absolute Gasteiger partial charge is 0.393 e. The average Bonchev–Trinajstić information content (AvgIpc) is 2.63. The van der Waals surface area contributed by atoms with Gasteiger partial charge in [0.1, 0.15) is 5.82 Å². The molecule has 2 rings (SSSR count). The molecule has 0 fully saturated rings. The zero-order valence-electron chi connectivity index (χ0n) is 8.75. The van der Waals surface area contributed by atoms with Gasteiger partial charge in [-0.2, -0.15) is 18.3 Å². The van der Waals surface area contributed by atoms with Gasteiger partial charge < -0.3 is 5.73 Å². The molecule has 1 aromatic carbocycles. The van der Waals surface area contributed by atoms with Crippen molar-refractivity contribution < 1.29 is 13.2 Å². The molecule has 0 spiro atoms. The van der Waals surface area contributed by atoms with Crippen LogP contribution in [0.2, 0.25) is 0 Å². The maximum absolute atomic E-state index is 12.1. The molecule has 0 aliphatic carbocycles. The number of hydrogen-bond acceptors (Lipinski definition) is 2. The molecule has 0 bridgehead atoms. The second-order valence-corrected chi connectivity index (χ2v) is 3.70. The van der Waals surface area contributed by atoms with Gasteiger partial charge in [-0.05, 0) is 5.56 Å². The van der Waals surface area contributed by atoms with Gasteiger partial charge in [0, 0.05) is 11.6 Å². The summed E-state index contributed by atoms with van der Waals surface area (Å²) in [5.74, 6) is 0.416. The van der Waals surface area contributed by atoms with Crippen molar-refractivity contribution in [2.75, 3.05) is 5.73 Å². The highest BCUT2D eigenvalue weighted by Crippen LogP contribution is 2.24. The van der Waals surface area contributed by atoms with Crippen molar-refractivity contribution in [2.45, 2.75) is 12.6 Å². The third kappa shape index (κ3) is 2.99. The van der Waals surface area contributed by atoms with Crippen LogP contribution in [0.1, 0.15) is 5.56 Å². The van der Waals surface area contributed by atoms with Gasteiger partial charge >= 0.3 is 6.18 Å². The first-order valence-corrected chi connectivity index (χ1v) is 4.91. The van der Waals surface area contributed by atoms with Gasteiger partial charge in [0.15, 0.2) is 0 Å². The van der Waals surface area contributed by atoms with E-state index >= 15 is 0 Å². The molecule has 0 saturated heterocycles. The van der Waals surface area contributed by atoms with Crippen LogP contribution in [0.3, 0.4) is 0 Å². The minimum atomic E-state index is -4.18. The van der Waals surface area contributed by atoms with E-state index in [-0.39, 0.29) is 5.56 Å². The minimum Gasteiger partial charge on any atom is -0.384 e. The molecule has 1 heterocycles. The molecule has 17 heavy (non-hydrogen) atoms. The monoisotopic (exact) mass is 241 g/mol. The van der Waals surface area contributed by atoms with Gasteiger partial charge in [-0.15, -0.1) is 0 Å². The summed E-state index contributed by atoms with van der Waals surface area (Å²) in [6, 6.07) is 7.69. The molecule has 0 radical (unpaired) electrons. The number of nitrogens with one attached hydrogen (secondary N) is 1. The summed E-state index contributed by atoms with van der Waals surface area (Å²) >= 11 is 0. The van der Waals surface area contributed by atoms with Gasteiger partial charge in [-0.1, -0.05) is 24.3 Å². The van der Waals surface area contributed by atoms with Gasteiger partial charge in [0.05, 0.1) is 12.1 Å². The number of rotatable bonds is 2. The fourth-order valence-corrected chi connectivity index (χ4v) is 1.51. The first-order chi connectivity index (χ1) is 7.94. The standard InChI is InChI=1S/C11H10F3N3/c12-11(13,14)6-7-1-3-8(4-2-7)9-5-10(15)17-16-9/h1-5H,6H2,(H3,15,16,17). The third-order valence-corrected chi connectivity index (χ3v) is 2.25. The molecule has 0 saturated carbocycles. The molecule has 0 aliphatic heterocycles. The van der Waals surface area contributed by atoms with E-state index in [9.17, 15) is 13.2 Å². The lowest BCUT2D eigenvalue weighted by Gasteiger charge is -2.06. The third-order valence-electron chi connectivity index (χ3n) is 2.25. The minimum absolute atomic E-state index is 0.227. The summed E-state index contributed by atoms with van der Waals surface area (Å²) in [6.07, 6.45) is -5.10. The first-order valence-electron chi connectivity index (χ1n) is 4.91. The molecular formula is C11H10F3N3. The normalized spacial score (nSPS) is 11.7. The molecule has 6 heteroatoms. The summed E-state index contributed by atoms with van der Waals surface area (Å²) in [4.78, 5) is 0. The van der Waals surface area contributed by atoms with E-state index in [1.54, 1.807) is 18.2 Å². The van der Waals surface area contributed by atoms with Gasteiger partial charge in [-0.3, -0.25) is 5.10 Å². The SMILES string of the molecule is Nc1cc(-c2ccc(CC(F)(F)F)cc2)n[nH]1. The van der Waals surface area contributed by atoms with Gasteiger partial charge in [0.2, 0.25) is 0 Å². The van der Waals surface area contributed by atoms with Crippen LogP contribution < -0.4 is 5.73 Å². The van der Waals surface area contributed by atoms with Crippen molar-refractivity contribution in [1.29, 1.82) is 0 Å². The predicted molar refractivity (Wildman–Crippen MR) is 58.2 cm³/mol. The fraction of sp³-hybridized carbons (Fsp3) is 0.182. The highest BCUT2D eigenvalue weighted by atomic mass is 19.4. The van der Waals surface area contributed by atoms with Crippen LogP contribution in [0.25, 0.3) is 11.3 Å². The number of H-pyrrole nitrogens is 1. The average molecular weight is 241 g/mol. The zero-order valence-corrected chi connectivity index (χ0v) is 8.75. The molecule has 90 valence electrons. The molecule has 2 aromatic rings. The Morgan fingerprint density at radius 3 is 2.29 bits per heavy atom. The molecular weight excluding hydrogens is 231 g/mol. The van der Waals surface area contributed by atoms with Crippen LogP contribution in [0.5, 0.6) is 0 Å². The Balaban J connectivity index is 2.19. The Hall–Kier alpha value is -1.98. The van der Waals surface area contributed by atoms with E-state index in [0.29, 0.717) is 11.5 Å². The fourth-order valence-electron chi connectivity index (χ4n) is 1.51. The van der Waals surface area contributed by atoms with Crippen molar-refractivity contribution in [2.24, 2.45) is 0 Å². The lowest BCUT2D eigenvalue weighted by Crippen LogP contribution is -2.11. The molecule has 0 aliphatic rings. The number of aromatic nitrogens is 2. The summed E-state index contributed by atoms with van der Waals surface area (Å²) in [7, 11) is 0. The van der Waals surface area contributed by atoms with E-state index < -0.39 is 12.6 Å². The van der Waals surface area contributed by atoms with E-state index in [4.69, 9.17) is 5.73 Å². The number of nitrogen functional groups attached to an aromatic ring is 1. The van der Waals surface area contributed by atoms with Crippen LogP contribution in [0, 0.1) is 0 Å². The van der Waals surface area contributed by atoms with Crippen LogP contribution in [0.4, 0.5) is 19.0 Å². The topological polar surface area (TPSA) is 54.7 Å². The summed E-state index contributed by atoms with van der Waals surface area (Å²) in [6.45, 7) is 0. The zero-order chi connectivity index (χ0) is 12.5. The Morgan fingerprint density at radius 2 is 1.82 bits per heavy atom. The van der Waals surface area contributed by atoms with Crippen molar-refractivity contribution in [1.82, 2.24) is 10.2 Å². The lowest BCUT2D eigenvalue weighted by molar-refractivity contribution is -0.127. The van der Waals surface area contributed by atoms with E-state index in [1.807, 2.05) is 0 Å². The second-order valence-electron chi connectivity index (χ2n) is 3.70. The quantitative estimate of drug-likeness (QED) is 0.849. The molecule has 0 unspecified atom stereocenters. The van der Waals surface area contributed by atoms with Gasteiger partial charge in [-0.25, -0.2) is 0 Å². The first kappa shape index (κ1) is 11.5. The van der Waals surface area contributed by atoms with Crippen molar-refractivity contribution in [3.05, 3.63) is 35.9 Å². The van der Waals surface area contributed by atoms with E-state index in [2.05, 4.69) is 10.2 Å². The Morgan fingerprint density at radius 1 is 1.18 bits per heavy atom. The molecule has 3 nitrogen and oxygen atoms in total. The number of nitrogens with two attached hydrogens (primary N) is 1.